The van der Waals surface area contributed by atoms with Gasteiger partial charge in [0.1, 0.15) is 0 Å². The van der Waals surface area contributed by atoms with Crippen LogP contribution in [0, 0.1) is 11.8 Å². The molecule has 0 radical (unpaired) electrons. The predicted octanol–water partition coefficient (Wildman–Crippen LogP) is 2.35. The summed E-state index contributed by atoms with van der Waals surface area (Å²) in [6, 6.07) is 0. The van der Waals surface area contributed by atoms with Gasteiger partial charge in [-0.15, -0.1) is 0 Å². The molecule has 0 aromatic carbocycles. The molecule has 2 atom stereocenters. The van der Waals surface area contributed by atoms with Gasteiger partial charge in [0, 0.05) is 11.9 Å². The van der Waals surface area contributed by atoms with Gasteiger partial charge in [0.2, 0.25) is 0 Å². The van der Waals surface area contributed by atoms with Gasteiger partial charge in [0.15, 0.2) is 0 Å². The molecule has 0 aromatic rings. The fourth-order valence-electron chi connectivity index (χ4n) is 3.97. The average Bonchev–Trinajstić information content (AvgIpc) is 2.70. The molecule has 5 heteroatoms. The summed E-state index contributed by atoms with van der Waals surface area (Å²) in [4.78, 5) is 23.3. The zero-order valence-electron chi connectivity index (χ0n) is 19.0. The van der Waals surface area contributed by atoms with Gasteiger partial charge >= 0.3 is 35.5 Å². The number of carboxylic acids is 1. The number of carbonyl (C=O) groups excluding carboxylic acids is 2. The maximum atomic E-state index is 12.1. The van der Waals surface area contributed by atoms with Crippen molar-refractivity contribution in [2.24, 2.45) is 11.8 Å². The molecule has 1 rings (SSSR count). The molecule has 0 spiro atoms. The maximum absolute atomic E-state index is 12.1. The molecule has 29 heavy (non-hydrogen) atoms. The van der Waals surface area contributed by atoms with Crippen LogP contribution in [0.4, 0.5) is 0 Å². The quantitative estimate of drug-likeness (QED) is 0.168. The minimum Gasteiger partial charge on any atom is -0.550 e. The van der Waals surface area contributed by atoms with E-state index in [1.807, 2.05) is 0 Å². The third kappa shape index (κ3) is 14.3. The Kier molecular flexibility index (Phi) is 19.4. The molecule has 0 amide bonds. The Balaban J connectivity index is 0.00000784. The van der Waals surface area contributed by atoms with Crippen molar-refractivity contribution in [1.29, 1.82) is 0 Å². The van der Waals surface area contributed by atoms with Gasteiger partial charge in [-0.2, -0.15) is 0 Å². The van der Waals surface area contributed by atoms with Crippen molar-refractivity contribution in [3.63, 3.8) is 0 Å². The van der Waals surface area contributed by atoms with Crippen LogP contribution in [0.2, 0.25) is 0 Å². The second kappa shape index (κ2) is 19.6. The first-order valence-electron chi connectivity index (χ1n) is 11.7. The monoisotopic (exact) mass is 416 g/mol. The van der Waals surface area contributed by atoms with Crippen molar-refractivity contribution in [3.8, 4) is 0 Å². The predicted molar refractivity (Wildman–Crippen MR) is 112 cm³/mol. The van der Waals surface area contributed by atoms with Crippen molar-refractivity contribution < 1.29 is 49.0 Å². The standard InChI is InChI=1S/C24H42O4.Na/c1-2-3-4-5-6-7-8-9-10-11-12-13-14-17-20-28-24(27)22-19-16-15-18-21(22)23(25)26;/h7-8,21-22H,2-6,9-20H2,1H3,(H,25,26);/q;+1/p-1/b8-7+;. The molecule has 1 fully saturated rings. The Morgan fingerprint density at radius 3 is 1.93 bits per heavy atom. The maximum Gasteiger partial charge on any atom is 1.00 e. The smallest absolute Gasteiger partial charge is 0.550 e. The number of unbranched alkanes of at least 4 members (excludes halogenated alkanes) is 10. The van der Waals surface area contributed by atoms with Gasteiger partial charge in [0.25, 0.3) is 0 Å². The summed E-state index contributed by atoms with van der Waals surface area (Å²) >= 11 is 0. The normalized spacial score (nSPS) is 19.1. The Morgan fingerprint density at radius 1 is 0.828 bits per heavy atom. The van der Waals surface area contributed by atoms with Gasteiger partial charge in [-0.1, -0.05) is 76.9 Å². The van der Waals surface area contributed by atoms with Crippen LogP contribution in [-0.4, -0.2) is 18.5 Å². The van der Waals surface area contributed by atoms with E-state index in [9.17, 15) is 14.7 Å². The van der Waals surface area contributed by atoms with Crippen molar-refractivity contribution in [1.82, 2.24) is 0 Å². The first-order chi connectivity index (χ1) is 13.7. The van der Waals surface area contributed by atoms with Crippen LogP contribution in [0.1, 0.15) is 110 Å². The summed E-state index contributed by atoms with van der Waals surface area (Å²) < 4.78 is 5.33. The van der Waals surface area contributed by atoms with Gasteiger partial charge in [-0.3, -0.25) is 4.79 Å². The molecule has 0 bridgehead atoms. The number of esters is 1. The third-order valence-corrected chi connectivity index (χ3v) is 5.77. The molecule has 0 aliphatic heterocycles. The second-order valence-electron chi connectivity index (χ2n) is 8.21. The van der Waals surface area contributed by atoms with E-state index in [0.29, 0.717) is 19.4 Å². The van der Waals surface area contributed by atoms with E-state index in [4.69, 9.17) is 4.74 Å². The van der Waals surface area contributed by atoms with E-state index in [1.165, 1.54) is 64.2 Å². The summed E-state index contributed by atoms with van der Waals surface area (Å²) in [7, 11) is 0. The van der Waals surface area contributed by atoms with Gasteiger partial charge in [-0.25, -0.2) is 0 Å². The van der Waals surface area contributed by atoms with Crippen molar-refractivity contribution in [3.05, 3.63) is 12.2 Å². The number of hydrogen-bond donors (Lipinski definition) is 0. The summed E-state index contributed by atoms with van der Waals surface area (Å²) in [6.07, 6.45) is 22.2. The van der Waals surface area contributed by atoms with E-state index >= 15 is 0 Å². The van der Waals surface area contributed by atoms with Crippen LogP contribution in [0.15, 0.2) is 12.2 Å². The van der Waals surface area contributed by atoms with Gasteiger partial charge in [0.05, 0.1) is 12.5 Å². The summed E-state index contributed by atoms with van der Waals surface area (Å²) in [5.74, 6) is -2.60. The fourth-order valence-corrected chi connectivity index (χ4v) is 3.97. The second-order valence-corrected chi connectivity index (χ2v) is 8.21. The first kappa shape index (κ1) is 28.7. The van der Waals surface area contributed by atoms with Crippen LogP contribution in [0.5, 0.6) is 0 Å². The molecule has 2 unspecified atom stereocenters. The van der Waals surface area contributed by atoms with E-state index in [0.717, 1.165) is 25.7 Å². The van der Waals surface area contributed by atoms with Crippen LogP contribution >= 0.6 is 0 Å². The summed E-state index contributed by atoms with van der Waals surface area (Å²) in [5, 5.41) is 11.2. The Morgan fingerprint density at radius 2 is 1.34 bits per heavy atom. The topological polar surface area (TPSA) is 66.4 Å². The molecule has 0 N–H and O–H groups in total. The molecule has 1 aliphatic carbocycles. The van der Waals surface area contributed by atoms with Crippen LogP contribution < -0.4 is 34.7 Å². The van der Waals surface area contributed by atoms with Crippen LogP contribution in [-0.2, 0) is 14.3 Å². The van der Waals surface area contributed by atoms with Crippen molar-refractivity contribution >= 4 is 11.9 Å². The zero-order valence-corrected chi connectivity index (χ0v) is 21.0. The van der Waals surface area contributed by atoms with E-state index in [1.54, 1.807) is 0 Å². The number of carbonyl (C=O) groups is 2. The largest absolute Gasteiger partial charge is 1.00 e. The number of rotatable bonds is 16. The molecule has 1 aliphatic rings. The molecule has 0 saturated heterocycles. The van der Waals surface area contributed by atoms with Gasteiger partial charge < -0.3 is 14.6 Å². The summed E-state index contributed by atoms with van der Waals surface area (Å²) in [6.45, 7) is 2.66. The third-order valence-electron chi connectivity index (χ3n) is 5.77. The molecular weight excluding hydrogens is 375 g/mol. The average molecular weight is 417 g/mol. The van der Waals surface area contributed by atoms with E-state index in [-0.39, 0.29) is 35.5 Å². The minimum atomic E-state index is -1.10. The molecular formula is C24H41NaO4. The van der Waals surface area contributed by atoms with E-state index in [2.05, 4.69) is 19.1 Å². The van der Waals surface area contributed by atoms with E-state index < -0.39 is 17.8 Å². The zero-order chi connectivity index (χ0) is 20.5. The number of allylic oxidation sites excluding steroid dienone is 2. The minimum absolute atomic E-state index is 0. The number of carboxylic acid groups (broad SMARTS) is 1. The Bertz CT molecular complexity index is 450. The fraction of sp³-hybridized carbons (Fsp3) is 0.833. The number of ether oxygens (including phenoxy) is 1. The first-order valence-corrected chi connectivity index (χ1v) is 11.7. The SMILES string of the molecule is CCCCCC/C=C/CCCCCCCCOC(=O)C1CCCCC1C(=O)[O-].[Na+]. The Labute approximate surface area is 200 Å². The number of aliphatic carboxylic acids is 1. The molecule has 1 saturated carbocycles. The van der Waals surface area contributed by atoms with Crippen molar-refractivity contribution in [2.75, 3.05) is 6.61 Å². The summed E-state index contributed by atoms with van der Waals surface area (Å²) in [5.41, 5.74) is 0. The molecule has 4 nitrogen and oxygen atoms in total. The Hall–Kier alpha value is -0.320. The molecule has 0 heterocycles. The number of hydrogen-bond acceptors (Lipinski definition) is 4. The molecule has 0 aromatic heterocycles. The van der Waals surface area contributed by atoms with Crippen LogP contribution in [0.25, 0.3) is 0 Å². The molecule has 162 valence electrons. The van der Waals surface area contributed by atoms with Crippen molar-refractivity contribution in [2.45, 2.75) is 110 Å². The van der Waals surface area contributed by atoms with Gasteiger partial charge in [-0.05, 0) is 44.9 Å². The van der Waals surface area contributed by atoms with Crippen LogP contribution in [0.3, 0.4) is 0 Å².